The number of likely N-dealkylation sites (tertiary alicyclic amines) is 1. The lowest BCUT2D eigenvalue weighted by Crippen LogP contribution is -2.48. The molecular weight excluding hydrogens is 532 g/mol. The Morgan fingerprint density at radius 3 is 2.44 bits per heavy atom. The van der Waals surface area contributed by atoms with Gasteiger partial charge in [0.25, 0.3) is 11.8 Å². The van der Waals surface area contributed by atoms with Crippen LogP contribution in [0.4, 0.5) is 31.9 Å². The van der Waals surface area contributed by atoms with Crippen molar-refractivity contribution in [1.82, 2.24) is 20.2 Å². The number of nitrogens with one attached hydrogen (secondary N) is 2. The van der Waals surface area contributed by atoms with Gasteiger partial charge in [-0.3, -0.25) is 9.59 Å². The molecule has 2 aromatic rings. The molecule has 1 aromatic heterocycles. The third-order valence-electron chi connectivity index (χ3n) is 7.90. The van der Waals surface area contributed by atoms with Crippen LogP contribution >= 0.6 is 0 Å². The van der Waals surface area contributed by atoms with Gasteiger partial charge in [-0.05, 0) is 64.0 Å². The number of carbonyl (C=O) groups excluding carboxylic acids is 2. The van der Waals surface area contributed by atoms with E-state index in [1.165, 1.54) is 20.4 Å². The topological polar surface area (TPSA) is 103 Å². The highest BCUT2D eigenvalue weighted by Crippen LogP contribution is 2.40. The first-order valence-corrected chi connectivity index (χ1v) is 14.4. The molecule has 3 heterocycles. The van der Waals surface area contributed by atoms with Crippen LogP contribution in [0.25, 0.3) is 0 Å². The first kappa shape index (κ1) is 30.4. The summed E-state index contributed by atoms with van der Waals surface area (Å²) in [5.74, 6) is -4.11. The van der Waals surface area contributed by atoms with Gasteiger partial charge < -0.3 is 30.1 Å². The van der Waals surface area contributed by atoms with Crippen molar-refractivity contribution >= 4 is 35.0 Å². The van der Waals surface area contributed by atoms with E-state index >= 15 is 0 Å². The highest BCUT2D eigenvalue weighted by atomic mass is 19.3. The first-order valence-electron chi connectivity index (χ1n) is 14.4. The molecular formula is C29H41F2N7O3. The maximum Gasteiger partial charge on any atom is 0.342 e. The molecule has 1 aliphatic carbocycles. The zero-order valence-electron chi connectivity index (χ0n) is 24.5. The largest absolute Gasteiger partial charge is 0.495 e. The molecule has 0 bridgehead atoms. The number of nitrogens with zero attached hydrogens (tertiary/aromatic N) is 5. The second-order valence-electron chi connectivity index (χ2n) is 10.6. The quantitative estimate of drug-likeness (QED) is 0.523. The molecule has 1 saturated heterocycles. The number of benzene rings is 1. The van der Waals surface area contributed by atoms with E-state index in [9.17, 15) is 18.4 Å². The number of carbonyl (C=O) groups is 2. The normalized spacial score (nSPS) is 19.6. The van der Waals surface area contributed by atoms with E-state index < -0.39 is 18.4 Å². The van der Waals surface area contributed by atoms with Gasteiger partial charge in [-0.25, -0.2) is 4.98 Å². The standard InChI is InChI=1S/C27H35F2N7O3.C2H6/c1-34-12-10-18(11-13-34)31-24(37)17-8-9-20(22(14-17)39-3)32-26-30-15-21-23(33-26)36(19-6-4-5-7-19)16-27(28,29)25(38)35(21)2;1-2/h8-9,14-15,18-19H,4-7,10-13,16H2,1-3H3,(H,31,37)(H,30,32,33);1-2H3. The van der Waals surface area contributed by atoms with Crippen molar-refractivity contribution in [1.29, 1.82) is 0 Å². The molecule has 0 unspecified atom stereocenters. The lowest BCUT2D eigenvalue weighted by atomic mass is 10.0. The van der Waals surface area contributed by atoms with Gasteiger partial charge in [-0.15, -0.1) is 0 Å². The van der Waals surface area contributed by atoms with E-state index in [1.807, 2.05) is 13.8 Å². The van der Waals surface area contributed by atoms with E-state index in [0.29, 0.717) is 22.8 Å². The number of hydrogen-bond acceptors (Lipinski definition) is 8. The fraction of sp³-hybridized carbons (Fsp3) is 0.586. The van der Waals surface area contributed by atoms with Crippen molar-refractivity contribution in [2.45, 2.75) is 70.4 Å². The number of hydrogen-bond donors (Lipinski definition) is 2. The van der Waals surface area contributed by atoms with Crippen LogP contribution in [0, 0.1) is 0 Å². The van der Waals surface area contributed by atoms with Gasteiger partial charge in [0.05, 0.1) is 25.5 Å². The fourth-order valence-electron chi connectivity index (χ4n) is 5.58. The molecule has 10 nitrogen and oxygen atoms in total. The highest BCUT2D eigenvalue weighted by molar-refractivity contribution is 6.02. The minimum absolute atomic E-state index is 0.130. The van der Waals surface area contributed by atoms with E-state index in [2.05, 4.69) is 32.5 Å². The second kappa shape index (κ2) is 13.0. The van der Waals surface area contributed by atoms with Gasteiger partial charge in [0.15, 0.2) is 5.82 Å². The Hall–Kier alpha value is -3.54. The van der Waals surface area contributed by atoms with Gasteiger partial charge in [0.1, 0.15) is 11.4 Å². The Labute approximate surface area is 240 Å². The summed E-state index contributed by atoms with van der Waals surface area (Å²) < 4.78 is 35.2. The summed E-state index contributed by atoms with van der Waals surface area (Å²) in [5.41, 5.74) is 1.22. The number of piperidine rings is 1. The summed E-state index contributed by atoms with van der Waals surface area (Å²) in [6.45, 7) is 5.16. The SMILES string of the molecule is CC.COc1cc(C(=O)NC2CCN(C)CC2)ccc1Nc1ncc2c(n1)N(C1CCCC1)CC(F)(F)C(=O)N2C. The number of amides is 2. The molecule has 0 atom stereocenters. The van der Waals surface area contributed by atoms with E-state index in [1.54, 1.807) is 23.1 Å². The predicted octanol–water partition coefficient (Wildman–Crippen LogP) is 4.44. The van der Waals surface area contributed by atoms with Crippen LogP contribution in [0.1, 0.15) is 62.7 Å². The molecule has 2 fully saturated rings. The van der Waals surface area contributed by atoms with Crippen molar-refractivity contribution in [3.63, 3.8) is 0 Å². The molecule has 3 aliphatic rings. The molecule has 5 rings (SSSR count). The van der Waals surface area contributed by atoms with E-state index in [0.717, 1.165) is 56.5 Å². The Morgan fingerprint density at radius 2 is 1.78 bits per heavy atom. The monoisotopic (exact) mass is 573 g/mol. The summed E-state index contributed by atoms with van der Waals surface area (Å²) in [5, 5.41) is 6.20. The number of halogens is 2. The Morgan fingerprint density at radius 1 is 1.10 bits per heavy atom. The van der Waals surface area contributed by atoms with Crippen LogP contribution in [0.5, 0.6) is 5.75 Å². The van der Waals surface area contributed by atoms with Crippen molar-refractivity contribution in [2.24, 2.45) is 0 Å². The Kier molecular flexibility index (Phi) is 9.62. The predicted molar refractivity (Wildman–Crippen MR) is 156 cm³/mol. The van der Waals surface area contributed by atoms with Crippen LogP contribution in [0.3, 0.4) is 0 Å². The molecule has 224 valence electrons. The molecule has 1 saturated carbocycles. The zero-order valence-corrected chi connectivity index (χ0v) is 24.5. The lowest BCUT2D eigenvalue weighted by molar-refractivity contribution is -0.140. The number of aromatic nitrogens is 2. The summed E-state index contributed by atoms with van der Waals surface area (Å²) >= 11 is 0. The Balaban J connectivity index is 0.00000189. The van der Waals surface area contributed by atoms with Crippen molar-refractivity contribution in [3.05, 3.63) is 30.0 Å². The number of alkyl halides is 2. The van der Waals surface area contributed by atoms with Crippen LogP contribution in [0.15, 0.2) is 24.4 Å². The number of rotatable bonds is 6. The summed E-state index contributed by atoms with van der Waals surface area (Å²) in [6.07, 6.45) is 6.60. The Bertz CT molecular complexity index is 1230. The third kappa shape index (κ3) is 6.69. The minimum atomic E-state index is -3.54. The molecule has 2 N–H and O–H groups in total. The summed E-state index contributed by atoms with van der Waals surface area (Å²) in [4.78, 5) is 39.0. The average Bonchev–Trinajstić information content (AvgIpc) is 3.50. The molecule has 1 aromatic carbocycles. The van der Waals surface area contributed by atoms with Gasteiger partial charge in [0, 0.05) is 24.7 Å². The van der Waals surface area contributed by atoms with Crippen LogP contribution in [0.2, 0.25) is 0 Å². The second-order valence-corrected chi connectivity index (χ2v) is 10.6. The number of ether oxygens (including phenoxy) is 1. The maximum atomic E-state index is 14.8. The fourth-order valence-corrected chi connectivity index (χ4v) is 5.58. The van der Waals surface area contributed by atoms with Gasteiger partial charge in [-0.2, -0.15) is 13.8 Å². The van der Waals surface area contributed by atoms with Gasteiger partial charge in [0.2, 0.25) is 5.95 Å². The lowest BCUT2D eigenvalue weighted by Gasteiger charge is -2.31. The molecule has 2 aliphatic heterocycles. The minimum Gasteiger partial charge on any atom is -0.495 e. The van der Waals surface area contributed by atoms with Crippen LogP contribution in [-0.4, -0.2) is 85.5 Å². The molecule has 12 heteroatoms. The molecule has 41 heavy (non-hydrogen) atoms. The van der Waals surface area contributed by atoms with Crippen molar-refractivity contribution < 1.29 is 23.1 Å². The first-order chi connectivity index (χ1) is 19.7. The van der Waals surface area contributed by atoms with Crippen molar-refractivity contribution in [3.8, 4) is 5.75 Å². The van der Waals surface area contributed by atoms with Crippen LogP contribution < -0.4 is 25.2 Å². The molecule has 0 radical (unpaired) electrons. The van der Waals surface area contributed by atoms with Crippen LogP contribution in [-0.2, 0) is 4.79 Å². The highest BCUT2D eigenvalue weighted by Gasteiger charge is 2.48. The summed E-state index contributed by atoms with van der Waals surface area (Å²) in [6, 6.07) is 5.04. The van der Waals surface area contributed by atoms with E-state index in [4.69, 9.17) is 4.74 Å². The van der Waals surface area contributed by atoms with Gasteiger partial charge >= 0.3 is 5.92 Å². The third-order valence-corrected chi connectivity index (χ3v) is 7.90. The number of anilines is 4. The number of fused-ring (bicyclic) bond motifs is 1. The van der Waals surface area contributed by atoms with E-state index in [-0.39, 0.29) is 29.6 Å². The average molecular weight is 574 g/mol. The van der Waals surface area contributed by atoms with Gasteiger partial charge in [-0.1, -0.05) is 26.7 Å². The van der Waals surface area contributed by atoms with Crippen molar-refractivity contribution in [2.75, 3.05) is 56.0 Å². The molecule has 2 amide bonds. The smallest absolute Gasteiger partial charge is 0.342 e. The summed E-state index contributed by atoms with van der Waals surface area (Å²) in [7, 11) is 4.89. The molecule has 0 spiro atoms. The number of methoxy groups -OCH3 is 1. The maximum absolute atomic E-state index is 14.8. The zero-order chi connectivity index (χ0) is 29.7.